The molecular formula is C12H20Cl2O4. The zero-order chi connectivity index (χ0) is 14.3. The highest BCUT2D eigenvalue weighted by molar-refractivity contribution is 6.42. The number of carbonyl (C=O) groups excluding carboxylic acids is 2. The van der Waals surface area contributed by atoms with Crippen LogP contribution >= 0.6 is 23.2 Å². The lowest BCUT2D eigenvalue weighted by atomic mass is 10.2. The molecule has 18 heavy (non-hydrogen) atoms. The van der Waals surface area contributed by atoms with Crippen LogP contribution in [0.3, 0.4) is 0 Å². The summed E-state index contributed by atoms with van der Waals surface area (Å²) in [6, 6.07) is 0. The summed E-state index contributed by atoms with van der Waals surface area (Å²) < 4.78 is 10.0. The highest BCUT2D eigenvalue weighted by Gasteiger charge is 2.34. The van der Waals surface area contributed by atoms with Crippen molar-refractivity contribution in [1.29, 1.82) is 0 Å². The van der Waals surface area contributed by atoms with Gasteiger partial charge in [0, 0.05) is 0 Å². The number of carbonyl (C=O) groups is 2. The van der Waals surface area contributed by atoms with Gasteiger partial charge in [0.15, 0.2) is 10.8 Å². The summed E-state index contributed by atoms with van der Waals surface area (Å²) in [5.41, 5.74) is 0. The molecule has 0 radical (unpaired) electrons. The van der Waals surface area contributed by atoms with Gasteiger partial charge in [-0.15, -0.1) is 23.2 Å². The van der Waals surface area contributed by atoms with E-state index in [0.29, 0.717) is 12.8 Å². The van der Waals surface area contributed by atoms with Crippen LogP contribution in [0.4, 0.5) is 0 Å². The number of hydrogen-bond donors (Lipinski definition) is 0. The Kier molecular flexibility index (Phi) is 8.36. The Morgan fingerprint density at radius 3 is 1.39 bits per heavy atom. The third-order valence-electron chi connectivity index (χ3n) is 2.49. The van der Waals surface area contributed by atoms with Gasteiger partial charge >= 0.3 is 11.9 Å². The van der Waals surface area contributed by atoms with Crippen molar-refractivity contribution in [3.63, 3.8) is 0 Å². The molecule has 0 aromatic rings. The van der Waals surface area contributed by atoms with Crippen molar-refractivity contribution >= 4 is 35.1 Å². The van der Waals surface area contributed by atoms with Gasteiger partial charge in [0.05, 0.1) is 12.2 Å². The molecule has 0 heterocycles. The SMILES string of the molecule is CCC(C)OC(=O)C(Cl)C(Cl)C(=O)OC(C)CC. The third-order valence-corrected chi connectivity index (χ3v) is 3.48. The van der Waals surface area contributed by atoms with Gasteiger partial charge in [-0.2, -0.15) is 0 Å². The molecule has 6 heteroatoms. The van der Waals surface area contributed by atoms with Crippen LogP contribution < -0.4 is 0 Å². The van der Waals surface area contributed by atoms with Crippen LogP contribution in [0.5, 0.6) is 0 Å². The molecule has 0 aromatic carbocycles. The molecule has 0 fully saturated rings. The molecule has 4 nitrogen and oxygen atoms in total. The smallest absolute Gasteiger partial charge is 0.326 e. The molecule has 0 rings (SSSR count). The Bertz CT molecular complexity index is 255. The fraction of sp³-hybridized carbons (Fsp3) is 0.833. The number of alkyl halides is 2. The van der Waals surface area contributed by atoms with E-state index in [-0.39, 0.29) is 12.2 Å². The summed E-state index contributed by atoms with van der Waals surface area (Å²) in [7, 11) is 0. The van der Waals surface area contributed by atoms with Gasteiger partial charge in [0.1, 0.15) is 0 Å². The van der Waals surface area contributed by atoms with Gasteiger partial charge in [-0.1, -0.05) is 13.8 Å². The Labute approximate surface area is 118 Å². The Hall–Kier alpha value is -0.480. The second-order valence-electron chi connectivity index (χ2n) is 4.12. The second kappa shape index (κ2) is 8.59. The minimum absolute atomic E-state index is 0.256. The fourth-order valence-electron chi connectivity index (χ4n) is 0.932. The van der Waals surface area contributed by atoms with Crippen molar-refractivity contribution < 1.29 is 19.1 Å². The predicted molar refractivity (Wildman–Crippen MR) is 71.0 cm³/mol. The van der Waals surface area contributed by atoms with Crippen molar-refractivity contribution in [3.05, 3.63) is 0 Å². The number of halogens is 2. The first-order chi connectivity index (χ1) is 8.33. The van der Waals surface area contributed by atoms with Crippen LogP contribution in [0.2, 0.25) is 0 Å². The fourth-order valence-corrected chi connectivity index (χ4v) is 1.24. The quantitative estimate of drug-likeness (QED) is 0.536. The topological polar surface area (TPSA) is 52.6 Å². The molecule has 4 atom stereocenters. The van der Waals surface area contributed by atoms with E-state index in [4.69, 9.17) is 32.7 Å². The van der Waals surface area contributed by atoms with E-state index in [0.717, 1.165) is 0 Å². The molecule has 0 spiro atoms. The molecular weight excluding hydrogens is 279 g/mol. The summed E-state index contributed by atoms with van der Waals surface area (Å²) in [4.78, 5) is 23.1. The third kappa shape index (κ3) is 5.91. The van der Waals surface area contributed by atoms with Gasteiger partial charge in [-0.25, -0.2) is 0 Å². The normalized spacial score (nSPS) is 17.4. The van der Waals surface area contributed by atoms with Crippen molar-refractivity contribution in [2.24, 2.45) is 0 Å². The maximum Gasteiger partial charge on any atom is 0.326 e. The van der Waals surface area contributed by atoms with Gasteiger partial charge in [-0.05, 0) is 26.7 Å². The average Bonchev–Trinajstić information content (AvgIpc) is 2.36. The van der Waals surface area contributed by atoms with E-state index in [2.05, 4.69) is 0 Å². The molecule has 0 saturated heterocycles. The first-order valence-electron chi connectivity index (χ1n) is 6.02. The van der Waals surface area contributed by atoms with Crippen molar-refractivity contribution in [2.45, 2.75) is 63.5 Å². The standard InChI is InChI=1S/C12H20Cl2O4/c1-5-7(3)17-11(15)9(13)10(14)12(16)18-8(4)6-2/h7-10H,5-6H2,1-4H3. The first-order valence-corrected chi connectivity index (χ1v) is 6.89. The summed E-state index contributed by atoms with van der Waals surface area (Å²) in [6.07, 6.45) is 0.820. The zero-order valence-corrected chi connectivity index (χ0v) is 12.6. The van der Waals surface area contributed by atoms with Crippen LogP contribution in [-0.4, -0.2) is 34.9 Å². The highest BCUT2D eigenvalue weighted by atomic mass is 35.5. The number of hydrogen-bond acceptors (Lipinski definition) is 4. The van der Waals surface area contributed by atoms with Gasteiger partial charge in [-0.3, -0.25) is 9.59 Å². The van der Waals surface area contributed by atoms with Crippen LogP contribution in [0.1, 0.15) is 40.5 Å². The lowest BCUT2D eigenvalue weighted by Gasteiger charge is -2.19. The predicted octanol–water partition coefficient (Wildman–Crippen LogP) is 2.88. The van der Waals surface area contributed by atoms with Crippen LogP contribution in [-0.2, 0) is 19.1 Å². The maximum atomic E-state index is 11.6. The van der Waals surface area contributed by atoms with E-state index >= 15 is 0 Å². The molecule has 4 unspecified atom stereocenters. The van der Waals surface area contributed by atoms with Crippen molar-refractivity contribution in [2.75, 3.05) is 0 Å². The summed E-state index contributed by atoms with van der Waals surface area (Å²) in [6.45, 7) is 7.22. The molecule has 0 aromatic heterocycles. The summed E-state index contributed by atoms with van der Waals surface area (Å²) in [5, 5.41) is -2.48. The molecule has 0 bridgehead atoms. The van der Waals surface area contributed by atoms with E-state index in [1.165, 1.54) is 0 Å². The second-order valence-corrected chi connectivity index (χ2v) is 5.06. The highest BCUT2D eigenvalue weighted by Crippen LogP contribution is 2.16. The molecule has 0 aliphatic rings. The van der Waals surface area contributed by atoms with E-state index in [1.807, 2.05) is 13.8 Å². The lowest BCUT2D eigenvalue weighted by Crippen LogP contribution is -2.36. The first kappa shape index (κ1) is 17.5. The van der Waals surface area contributed by atoms with Crippen molar-refractivity contribution in [1.82, 2.24) is 0 Å². The molecule has 0 aliphatic heterocycles. The summed E-state index contributed by atoms with van der Waals surface area (Å²) in [5.74, 6) is -1.40. The molecule has 0 N–H and O–H groups in total. The zero-order valence-electron chi connectivity index (χ0n) is 11.1. The molecule has 106 valence electrons. The van der Waals surface area contributed by atoms with Crippen molar-refractivity contribution in [3.8, 4) is 0 Å². The summed E-state index contributed by atoms with van der Waals surface area (Å²) >= 11 is 11.6. The number of esters is 2. The van der Waals surface area contributed by atoms with Gasteiger partial charge in [0.25, 0.3) is 0 Å². The largest absolute Gasteiger partial charge is 0.462 e. The molecule has 0 saturated carbocycles. The average molecular weight is 299 g/mol. The van der Waals surface area contributed by atoms with E-state index < -0.39 is 22.7 Å². The van der Waals surface area contributed by atoms with Crippen LogP contribution in [0.15, 0.2) is 0 Å². The Morgan fingerprint density at radius 1 is 0.889 bits per heavy atom. The molecule has 0 amide bonds. The van der Waals surface area contributed by atoms with Crippen LogP contribution in [0, 0.1) is 0 Å². The van der Waals surface area contributed by atoms with Gasteiger partial charge < -0.3 is 9.47 Å². The lowest BCUT2D eigenvalue weighted by molar-refractivity contribution is -0.154. The Balaban J connectivity index is 4.35. The van der Waals surface area contributed by atoms with E-state index in [1.54, 1.807) is 13.8 Å². The number of rotatable bonds is 7. The molecule has 0 aliphatic carbocycles. The Morgan fingerprint density at radius 2 is 1.17 bits per heavy atom. The van der Waals surface area contributed by atoms with E-state index in [9.17, 15) is 9.59 Å². The van der Waals surface area contributed by atoms with Gasteiger partial charge in [0.2, 0.25) is 0 Å². The van der Waals surface area contributed by atoms with Crippen LogP contribution in [0.25, 0.3) is 0 Å². The number of ether oxygens (including phenoxy) is 2. The monoisotopic (exact) mass is 298 g/mol. The minimum Gasteiger partial charge on any atom is -0.462 e. The maximum absolute atomic E-state index is 11.6. The minimum atomic E-state index is -1.24.